The smallest absolute Gasteiger partial charge is 0.303 e. The predicted molar refractivity (Wildman–Crippen MR) is 119 cm³/mol. The summed E-state index contributed by atoms with van der Waals surface area (Å²) in [6, 6.07) is 10.5. The summed E-state index contributed by atoms with van der Waals surface area (Å²) in [5.41, 5.74) is 0.923. The number of benzene rings is 2. The lowest BCUT2D eigenvalue weighted by Gasteiger charge is -2.28. The van der Waals surface area contributed by atoms with Crippen LogP contribution in [0.15, 0.2) is 41.3 Å². The van der Waals surface area contributed by atoms with E-state index in [1.807, 2.05) is 44.4 Å². The molecule has 0 heterocycles. The van der Waals surface area contributed by atoms with Gasteiger partial charge in [0, 0.05) is 29.0 Å². The van der Waals surface area contributed by atoms with Crippen molar-refractivity contribution in [3.05, 3.63) is 64.7 Å². The minimum absolute atomic E-state index is 0. The zero-order valence-electron chi connectivity index (χ0n) is 17.2. The first kappa shape index (κ1) is 26.4. The van der Waals surface area contributed by atoms with Crippen molar-refractivity contribution in [2.75, 3.05) is 12.8 Å². The first-order valence-corrected chi connectivity index (χ1v) is 10.6. The van der Waals surface area contributed by atoms with Crippen LogP contribution in [0.2, 0.25) is 0 Å². The number of carboxylic acid groups (broad SMARTS) is 1. The molecule has 0 saturated heterocycles. The molecule has 0 aliphatic carbocycles. The van der Waals surface area contributed by atoms with Gasteiger partial charge < -0.3 is 15.5 Å². The molecular weight excluding hydrogens is 432 g/mol. The molecule has 1 atom stereocenters. The summed E-state index contributed by atoms with van der Waals surface area (Å²) in [5, 5.41) is 22.4. The zero-order chi connectivity index (χ0) is 21.6. The fraction of sp³-hybridized carbons (Fsp3) is 0.409. The summed E-state index contributed by atoms with van der Waals surface area (Å²) in [6.45, 7) is 3.99. The highest BCUT2D eigenvalue weighted by atomic mass is 35.5. The molecule has 4 nitrogen and oxygen atoms in total. The summed E-state index contributed by atoms with van der Waals surface area (Å²) < 4.78 is 28.1. The Kier molecular flexibility index (Phi) is 10.2. The van der Waals surface area contributed by atoms with Crippen LogP contribution in [0.25, 0.3) is 0 Å². The van der Waals surface area contributed by atoms with E-state index in [4.69, 9.17) is 5.11 Å². The molecule has 0 saturated carbocycles. The summed E-state index contributed by atoms with van der Waals surface area (Å²) in [7, 11) is 0. The average Bonchev–Trinajstić information content (AvgIpc) is 2.67. The highest BCUT2D eigenvalue weighted by molar-refractivity contribution is 7.98. The SMILES string of the molecule is CSc1ccc(CC(C)(C)NC[C@@H](O)c2cc(CCC(=O)O)cc(F)c2F)cc1.Cl. The highest BCUT2D eigenvalue weighted by Crippen LogP contribution is 2.24. The molecule has 3 N–H and O–H groups in total. The van der Waals surface area contributed by atoms with E-state index in [2.05, 4.69) is 5.32 Å². The Morgan fingerprint density at radius 1 is 1.17 bits per heavy atom. The number of aliphatic hydroxyl groups is 1. The molecule has 30 heavy (non-hydrogen) atoms. The van der Waals surface area contributed by atoms with E-state index in [0.29, 0.717) is 12.0 Å². The van der Waals surface area contributed by atoms with Crippen LogP contribution in [0.3, 0.4) is 0 Å². The third kappa shape index (κ3) is 7.87. The van der Waals surface area contributed by atoms with Crippen molar-refractivity contribution in [3.63, 3.8) is 0 Å². The molecule has 166 valence electrons. The second-order valence-electron chi connectivity index (χ2n) is 7.68. The Morgan fingerprint density at radius 3 is 2.37 bits per heavy atom. The molecule has 0 aliphatic rings. The van der Waals surface area contributed by atoms with Crippen molar-refractivity contribution in [2.45, 2.75) is 49.6 Å². The number of thioether (sulfide) groups is 1. The summed E-state index contributed by atoms with van der Waals surface area (Å²) in [6.07, 6.45) is 1.33. The number of aliphatic hydroxyl groups excluding tert-OH is 1. The summed E-state index contributed by atoms with van der Waals surface area (Å²) in [5.74, 6) is -3.22. The summed E-state index contributed by atoms with van der Waals surface area (Å²) >= 11 is 1.67. The number of aryl methyl sites for hydroxylation is 1. The van der Waals surface area contributed by atoms with Crippen LogP contribution < -0.4 is 5.32 Å². The number of carboxylic acids is 1. The van der Waals surface area contributed by atoms with Crippen LogP contribution in [0.4, 0.5) is 8.78 Å². The van der Waals surface area contributed by atoms with Gasteiger partial charge in [-0.2, -0.15) is 0 Å². The first-order valence-electron chi connectivity index (χ1n) is 9.37. The normalized spacial score (nSPS) is 12.3. The number of aliphatic carboxylic acids is 1. The second-order valence-corrected chi connectivity index (χ2v) is 8.56. The zero-order valence-corrected chi connectivity index (χ0v) is 18.9. The molecule has 2 rings (SSSR count). The highest BCUT2D eigenvalue weighted by Gasteiger charge is 2.23. The number of β-amino-alcohol motifs (C(OH)–C–C–N with tert-alkyl or cyclic N) is 1. The van der Waals surface area contributed by atoms with Crippen LogP contribution in [0, 0.1) is 11.6 Å². The maximum Gasteiger partial charge on any atom is 0.303 e. The van der Waals surface area contributed by atoms with Gasteiger partial charge in [-0.15, -0.1) is 24.2 Å². The van der Waals surface area contributed by atoms with Crippen molar-refractivity contribution >= 4 is 30.1 Å². The third-order valence-corrected chi connectivity index (χ3v) is 5.43. The van der Waals surface area contributed by atoms with E-state index >= 15 is 0 Å². The maximum atomic E-state index is 14.2. The predicted octanol–water partition coefficient (Wildman–Crippen LogP) is 4.77. The third-order valence-electron chi connectivity index (χ3n) is 4.68. The molecule has 0 spiro atoms. The first-order chi connectivity index (χ1) is 13.6. The number of nitrogens with one attached hydrogen (secondary N) is 1. The van der Waals surface area contributed by atoms with Crippen LogP contribution in [0.5, 0.6) is 0 Å². The van der Waals surface area contributed by atoms with E-state index in [1.165, 1.54) is 11.0 Å². The van der Waals surface area contributed by atoms with Gasteiger partial charge in [0.05, 0.1) is 6.10 Å². The Morgan fingerprint density at radius 2 is 1.80 bits per heavy atom. The van der Waals surface area contributed by atoms with Crippen molar-refractivity contribution in [1.82, 2.24) is 5.32 Å². The van der Waals surface area contributed by atoms with Crippen molar-refractivity contribution in [3.8, 4) is 0 Å². The van der Waals surface area contributed by atoms with Crippen molar-refractivity contribution in [1.29, 1.82) is 0 Å². The standard InChI is InChI=1S/C22H27F2NO3S.ClH/c1-22(2,12-14-4-7-16(29-3)8-5-14)25-13-19(26)17-10-15(6-9-20(27)28)11-18(23)21(17)24;/h4-5,7-8,10-11,19,25-26H,6,9,12-13H2,1-3H3,(H,27,28);1H/t19-;/m1./s1. The Bertz CT molecular complexity index is 847. The number of hydrogen-bond donors (Lipinski definition) is 3. The number of rotatable bonds is 10. The van der Waals surface area contributed by atoms with Gasteiger partial charge in [0.1, 0.15) is 0 Å². The van der Waals surface area contributed by atoms with Gasteiger partial charge in [-0.3, -0.25) is 4.79 Å². The van der Waals surface area contributed by atoms with Gasteiger partial charge in [0.2, 0.25) is 0 Å². The second kappa shape index (κ2) is 11.6. The molecule has 2 aromatic carbocycles. The average molecular weight is 460 g/mol. The minimum Gasteiger partial charge on any atom is -0.481 e. The lowest BCUT2D eigenvalue weighted by atomic mass is 9.94. The van der Waals surface area contributed by atoms with Gasteiger partial charge in [-0.1, -0.05) is 12.1 Å². The van der Waals surface area contributed by atoms with Crippen molar-refractivity contribution in [2.24, 2.45) is 0 Å². The summed E-state index contributed by atoms with van der Waals surface area (Å²) in [4.78, 5) is 11.9. The molecule has 0 amide bonds. The molecule has 0 bridgehead atoms. The molecule has 8 heteroatoms. The quantitative estimate of drug-likeness (QED) is 0.446. The number of hydrogen-bond acceptors (Lipinski definition) is 4. The molecular formula is C22H28ClF2NO3S. The Hall–Kier alpha value is -1.67. The molecule has 0 aliphatic heterocycles. The molecule has 0 aromatic heterocycles. The van der Waals surface area contributed by atoms with Crippen LogP contribution in [-0.2, 0) is 17.6 Å². The van der Waals surface area contributed by atoms with Gasteiger partial charge in [-0.05, 0) is 68.3 Å². The van der Waals surface area contributed by atoms with E-state index < -0.39 is 23.7 Å². The maximum absolute atomic E-state index is 14.2. The monoisotopic (exact) mass is 459 g/mol. The molecule has 0 fully saturated rings. The largest absolute Gasteiger partial charge is 0.481 e. The van der Waals surface area contributed by atoms with Gasteiger partial charge >= 0.3 is 5.97 Å². The van der Waals surface area contributed by atoms with E-state index in [0.717, 1.165) is 11.6 Å². The van der Waals surface area contributed by atoms with E-state index in [9.17, 15) is 18.7 Å². The van der Waals surface area contributed by atoms with E-state index in [1.54, 1.807) is 11.8 Å². The Labute approximate surface area is 186 Å². The van der Waals surface area contributed by atoms with Crippen LogP contribution in [-0.4, -0.2) is 34.5 Å². The molecule has 0 unspecified atom stereocenters. The number of halogens is 3. The number of carbonyl (C=O) groups is 1. The van der Waals surface area contributed by atoms with Crippen molar-refractivity contribution < 1.29 is 23.8 Å². The van der Waals surface area contributed by atoms with Gasteiger partial charge in [0.15, 0.2) is 11.6 Å². The topological polar surface area (TPSA) is 69.6 Å². The minimum atomic E-state index is -1.26. The van der Waals surface area contributed by atoms with Crippen LogP contribution in [0.1, 0.15) is 43.1 Å². The van der Waals surface area contributed by atoms with Gasteiger partial charge in [-0.25, -0.2) is 8.78 Å². The fourth-order valence-corrected chi connectivity index (χ4v) is 3.51. The van der Waals surface area contributed by atoms with Crippen LogP contribution >= 0.6 is 24.2 Å². The molecule has 0 radical (unpaired) electrons. The lowest BCUT2D eigenvalue weighted by molar-refractivity contribution is -0.136. The van der Waals surface area contributed by atoms with Gasteiger partial charge in [0.25, 0.3) is 0 Å². The fourth-order valence-electron chi connectivity index (χ4n) is 3.11. The van der Waals surface area contributed by atoms with E-state index in [-0.39, 0.29) is 42.9 Å². The Balaban J connectivity index is 0.00000450. The molecule has 2 aromatic rings. The lowest BCUT2D eigenvalue weighted by Crippen LogP contribution is -2.43.